The zero-order valence-electron chi connectivity index (χ0n) is 10.2. The molecule has 2 aromatic rings. The van der Waals surface area contributed by atoms with Gasteiger partial charge < -0.3 is 10.6 Å². The van der Waals surface area contributed by atoms with Gasteiger partial charge in [-0.2, -0.15) is 10.1 Å². The van der Waals surface area contributed by atoms with Crippen LogP contribution in [0.5, 0.6) is 0 Å². The van der Waals surface area contributed by atoms with Crippen molar-refractivity contribution in [1.82, 2.24) is 19.7 Å². The van der Waals surface area contributed by atoms with Crippen LogP contribution in [0.25, 0.3) is 0 Å². The first-order valence-corrected chi connectivity index (χ1v) is 5.43. The highest BCUT2D eigenvalue weighted by Gasteiger charge is 2.03. The molecule has 6 nitrogen and oxygen atoms in total. The minimum Gasteiger partial charge on any atom is -0.366 e. The number of rotatable bonds is 4. The lowest BCUT2D eigenvalue weighted by atomic mass is 10.2. The highest BCUT2D eigenvalue weighted by atomic mass is 15.3. The first kappa shape index (κ1) is 11.4. The topological polar surface area (TPSA) is 67.7 Å². The number of nitrogens with one attached hydrogen (secondary N) is 2. The molecule has 0 radical (unpaired) electrons. The summed E-state index contributed by atoms with van der Waals surface area (Å²) in [4.78, 5) is 8.34. The van der Waals surface area contributed by atoms with Gasteiger partial charge in [-0.25, -0.2) is 4.98 Å². The van der Waals surface area contributed by atoms with E-state index in [4.69, 9.17) is 0 Å². The molecule has 0 aliphatic carbocycles. The van der Waals surface area contributed by atoms with Gasteiger partial charge in [0.15, 0.2) is 0 Å². The van der Waals surface area contributed by atoms with Crippen LogP contribution in [0, 0.1) is 6.92 Å². The minimum atomic E-state index is 0.609. The Kier molecular flexibility index (Phi) is 3.22. The normalized spacial score (nSPS) is 10.3. The Bertz CT molecular complexity index is 504. The molecule has 0 fully saturated rings. The predicted octanol–water partition coefficient (Wildman–Crippen LogP) is 1.17. The largest absolute Gasteiger partial charge is 0.366 e. The number of hydrogen-bond acceptors (Lipinski definition) is 5. The maximum Gasteiger partial charge on any atom is 0.224 e. The van der Waals surface area contributed by atoms with E-state index in [1.54, 1.807) is 13.2 Å². The Labute approximate surface area is 100 Å². The molecule has 0 unspecified atom stereocenters. The summed E-state index contributed by atoms with van der Waals surface area (Å²) < 4.78 is 1.86. The van der Waals surface area contributed by atoms with Gasteiger partial charge in [0.1, 0.15) is 5.82 Å². The lowest BCUT2D eigenvalue weighted by Gasteiger charge is -2.06. The monoisotopic (exact) mass is 232 g/mol. The molecular formula is C11H16N6. The Hall–Kier alpha value is -2.11. The summed E-state index contributed by atoms with van der Waals surface area (Å²) in [5, 5.41) is 10.3. The predicted molar refractivity (Wildman–Crippen MR) is 66.9 cm³/mol. The third-order valence-corrected chi connectivity index (χ3v) is 2.68. The van der Waals surface area contributed by atoms with Crippen LogP contribution in [0.15, 0.2) is 18.5 Å². The van der Waals surface area contributed by atoms with Crippen LogP contribution in [0.2, 0.25) is 0 Å². The van der Waals surface area contributed by atoms with Gasteiger partial charge in [0.25, 0.3) is 0 Å². The summed E-state index contributed by atoms with van der Waals surface area (Å²) in [5.41, 5.74) is 2.32. The maximum atomic E-state index is 4.28. The molecule has 6 heteroatoms. The molecule has 0 amide bonds. The van der Waals surface area contributed by atoms with Crippen molar-refractivity contribution in [3.05, 3.63) is 29.7 Å². The van der Waals surface area contributed by atoms with Crippen LogP contribution >= 0.6 is 0 Å². The van der Waals surface area contributed by atoms with Crippen molar-refractivity contribution in [2.24, 2.45) is 7.05 Å². The van der Waals surface area contributed by atoms with Crippen molar-refractivity contribution in [3.8, 4) is 0 Å². The molecule has 0 saturated heterocycles. The van der Waals surface area contributed by atoms with E-state index in [-0.39, 0.29) is 0 Å². The molecular weight excluding hydrogens is 216 g/mol. The number of nitrogens with zero attached hydrogens (tertiary/aromatic N) is 4. The maximum absolute atomic E-state index is 4.28. The molecule has 2 rings (SSSR count). The minimum absolute atomic E-state index is 0.609. The first-order valence-electron chi connectivity index (χ1n) is 5.43. The zero-order valence-corrected chi connectivity index (χ0v) is 10.2. The van der Waals surface area contributed by atoms with Gasteiger partial charge in [0.05, 0.1) is 6.20 Å². The van der Waals surface area contributed by atoms with Crippen LogP contribution in [0.1, 0.15) is 11.3 Å². The average molecular weight is 232 g/mol. The van der Waals surface area contributed by atoms with Gasteiger partial charge in [0.2, 0.25) is 5.95 Å². The molecule has 2 N–H and O–H groups in total. The Morgan fingerprint density at radius 3 is 2.88 bits per heavy atom. The molecule has 2 aromatic heterocycles. The van der Waals surface area contributed by atoms with E-state index in [1.165, 1.54) is 0 Å². The number of aryl methyl sites for hydroxylation is 1. The molecule has 0 atom stereocenters. The molecule has 2 heterocycles. The summed E-state index contributed by atoms with van der Waals surface area (Å²) in [6, 6.07) is 1.84. The Morgan fingerprint density at radius 2 is 2.24 bits per heavy atom. The van der Waals surface area contributed by atoms with Gasteiger partial charge in [0, 0.05) is 38.1 Å². The van der Waals surface area contributed by atoms with Gasteiger partial charge >= 0.3 is 0 Å². The van der Waals surface area contributed by atoms with Crippen LogP contribution in [0.3, 0.4) is 0 Å². The van der Waals surface area contributed by atoms with E-state index < -0.39 is 0 Å². The Morgan fingerprint density at radius 1 is 1.41 bits per heavy atom. The van der Waals surface area contributed by atoms with Gasteiger partial charge in [-0.15, -0.1) is 0 Å². The van der Waals surface area contributed by atoms with Crippen molar-refractivity contribution < 1.29 is 0 Å². The van der Waals surface area contributed by atoms with E-state index in [0.717, 1.165) is 17.1 Å². The molecule has 0 aromatic carbocycles. The first-order chi connectivity index (χ1) is 8.20. The van der Waals surface area contributed by atoms with Crippen LogP contribution in [-0.2, 0) is 13.6 Å². The van der Waals surface area contributed by atoms with Crippen molar-refractivity contribution in [3.63, 3.8) is 0 Å². The number of aromatic nitrogens is 4. The van der Waals surface area contributed by atoms with E-state index in [0.29, 0.717) is 12.5 Å². The molecule has 17 heavy (non-hydrogen) atoms. The fraction of sp³-hybridized carbons (Fsp3) is 0.364. The van der Waals surface area contributed by atoms with Gasteiger partial charge in [-0.3, -0.25) is 4.68 Å². The van der Waals surface area contributed by atoms with Crippen LogP contribution in [-0.4, -0.2) is 26.8 Å². The lowest BCUT2D eigenvalue weighted by molar-refractivity contribution is 0.738. The van der Waals surface area contributed by atoms with Gasteiger partial charge in [-0.05, 0) is 13.0 Å². The highest BCUT2D eigenvalue weighted by molar-refractivity contribution is 5.40. The summed E-state index contributed by atoms with van der Waals surface area (Å²) in [5.74, 6) is 1.41. The molecule has 0 aliphatic heterocycles. The second-order valence-electron chi connectivity index (χ2n) is 3.75. The fourth-order valence-corrected chi connectivity index (χ4v) is 1.48. The van der Waals surface area contributed by atoms with Crippen LogP contribution < -0.4 is 10.6 Å². The van der Waals surface area contributed by atoms with Crippen LogP contribution in [0.4, 0.5) is 11.8 Å². The average Bonchev–Trinajstić information content (AvgIpc) is 2.68. The van der Waals surface area contributed by atoms with E-state index in [1.807, 2.05) is 30.9 Å². The highest BCUT2D eigenvalue weighted by Crippen LogP contribution is 2.10. The molecule has 0 aliphatic rings. The van der Waals surface area contributed by atoms with Crippen molar-refractivity contribution >= 4 is 11.8 Å². The second kappa shape index (κ2) is 4.82. The quantitative estimate of drug-likeness (QED) is 0.828. The second-order valence-corrected chi connectivity index (χ2v) is 3.75. The smallest absolute Gasteiger partial charge is 0.224 e. The van der Waals surface area contributed by atoms with E-state index >= 15 is 0 Å². The standard InChI is InChI=1S/C11H16N6/c1-8-9(7-15-17(8)3)6-14-10-4-5-13-11(12-2)16-10/h4-5,7H,6H2,1-3H3,(H2,12,13,14,16). The Balaban J connectivity index is 2.04. The zero-order chi connectivity index (χ0) is 12.3. The number of anilines is 2. The third kappa shape index (κ3) is 2.52. The summed E-state index contributed by atoms with van der Waals surface area (Å²) in [6.07, 6.45) is 3.58. The van der Waals surface area contributed by atoms with Crippen molar-refractivity contribution in [2.45, 2.75) is 13.5 Å². The molecule has 90 valence electrons. The summed E-state index contributed by atoms with van der Waals surface area (Å²) in [6.45, 7) is 2.75. The fourth-order valence-electron chi connectivity index (χ4n) is 1.48. The molecule has 0 bridgehead atoms. The lowest BCUT2D eigenvalue weighted by Crippen LogP contribution is -2.05. The molecule has 0 saturated carbocycles. The van der Waals surface area contributed by atoms with E-state index in [2.05, 4.69) is 25.7 Å². The summed E-state index contributed by atoms with van der Waals surface area (Å²) >= 11 is 0. The van der Waals surface area contributed by atoms with Crippen molar-refractivity contribution in [1.29, 1.82) is 0 Å². The van der Waals surface area contributed by atoms with E-state index in [9.17, 15) is 0 Å². The number of hydrogen-bond donors (Lipinski definition) is 2. The van der Waals surface area contributed by atoms with Gasteiger partial charge in [-0.1, -0.05) is 0 Å². The third-order valence-electron chi connectivity index (χ3n) is 2.68. The molecule has 0 spiro atoms. The van der Waals surface area contributed by atoms with Crippen molar-refractivity contribution in [2.75, 3.05) is 17.7 Å². The summed E-state index contributed by atoms with van der Waals surface area (Å²) in [7, 11) is 3.73. The SMILES string of the molecule is CNc1nccc(NCc2cnn(C)c2C)n1.